The number of hydrogen-bond acceptors (Lipinski definition) is 0. The van der Waals surface area contributed by atoms with Gasteiger partial charge in [-0.1, -0.05) is 104 Å². The van der Waals surface area contributed by atoms with Gasteiger partial charge in [0, 0.05) is 0 Å². The molecule has 0 amide bonds. The summed E-state index contributed by atoms with van der Waals surface area (Å²) >= 11 is 0. The van der Waals surface area contributed by atoms with Gasteiger partial charge in [-0.25, -0.2) is 0 Å². The highest BCUT2D eigenvalue weighted by atomic mass is 14.0. The minimum atomic E-state index is 1.31. The van der Waals surface area contributed by atoms with Gasteiger partial charge in [0.1, 0.15) is 0 Å². The first-order chi connectivity index (χ1) is 10.9. The van der Waals surface area contributed by atoms with E-state index in [1.165, 1.54) is 21.5 Å². The second kappa shape index (κ2) is 15.6. The largest absolute Gasteiger partial charge is 0.0683 e. The van der Waals surface area contributed by atoms with E-state index in [9.17, 15) is 0 Å². The first kappa shape index (κ1) is 22.5. The highest BCUT2D eigenvalue weighted by Crippen LogP contribution is 2.21. The van der Waals surface area contributed by atoms with Crippen LogP contribution in [0.5, 0.6) is 0 Å². The quantitative estimate of drug-likeness (QED) is 0.368. The standard InChI is InChI=1S/C14H10.4C2H6/c1-2-6-12-10-14-8-4-3-7-13(14)9-11(12)5-1;4*1-2/h1-10H;4*1-2H3. The normalized spacial score (nSPS) is 8.00. The first-order valence-corrected chi connectivity index (χ1v) is 8.81. The molecular formula is C22H34. The summed E-state index contributed by atoms with van der Waals surface area (Å²) in [7, 11) is 0. The van der Waals surface area contributed by atoms with Gasteiger partial charge in [0.2, 0.25) is 0 Å². The Balaban J connectivity index is 0. The summed E-state index contributed by atoms with van der Waals surface area (Å²) in [5.41, 5.74) is 0. The van der Waals surface area contributed by atoms with E-state index in [0.29, 0.717) is 0 Å². The van der Waals surface area contributed by atoms with Crippen molar-refractivity contribution in [2.45, 2.75) is 55.4 Å². The predicted molar refractivity (Wildman–Crippen MR) is 107 cm³/mol. The molecule has 3 aromatic carbocycles. The molecule has 0 fully saturated rings. The van der Waals surface area contributed by atoms with Crippen LogP contribution in [0.25, 0.3) is 21.5 Å². The third kappa shape index (κ3) is 6.76. The summed E-state index contributed by atoms with van der Waals surface area (Å²) in [5.74, 6) is 0. The Morgan fingerprint density at radius 1 is 0.364 bits per heavy atom. The van der Waals surface area contributed by atoms with Gasteiger partial charge in [-0.05, 0) is 33.7 Å². The molecule has 122 valence electrons. The molecule has 0 bridgehead atoms. The van der Waals surface area contributed by atoms with Crippen LogP contribution >= 0.6 is 0 Å². The molecule has 3 aromatic rings. The zero-order valence-electron chi connectivity index (χ0n) is 15.8. The molecule has 22 heavy (non-hydrogen) atoms. The fourth-order valence-electron chi connectivity index (χ4n) is 1.88. The highest BCUT2D eigenvalue weighted by Gasteiger charge is 1.95. The van der Waals surface area contributed by atoms with Gasteiger partial charge >= 0.3 is 0 Å². The van der Waals surface area contributed by atoms with E-state index in [1.54, 1.807) is 0 Å². The molecule has 0 aromatic heterocycles. The average Bonchev–Trinajstić information content (AvgIpc) is 2.66. The van der Waals surface area contributed by atoms with Crippen LogP contribution in [0.1, 0.15) is 55.4 Å². The zero-order chi connectivity index (χ0) is 17.4. The summed E-state index contributed by atoms with van der Waals surface area (Å²) in [6.07, 6.45) is 0. The molecule has 0 N–H and O–H groups in total. The number of fused-ring (bicyclic) bond motifs is 2. The van der Waals surface area contributed by atoms with Crippen molar-refractivity contribution in [2.24, 2.45) is 0 Å². The number of rotatable bonds is 0. The third-order valence-corrected chi connectivity index (χ3v) is 2.61. The Morgan fingerprint density at radius 3 is 0.727 bits per heavy atom. The van der Waals surface area contributed by atoms with Crippen LogP contribution in [0.4, 0.5) is 0 Å². The summed E-state index contributed by atoms with van der Waals surface area (Å²) in [4.78, 5) is 0. The van der Waals surface area contributed by atoms with Gasteiger partial charge in [-0.2, -0.15) is 0 Å². The number of hydrogen-bond donors (Lipinski definition) is 0. The zero-order valence-corrected chi connectivity index (χ0v) is 15.8. The minimum absolute atomic E-state index is 1.31. The highest BCUT2D eigenvalue weighted by molar-refractivity contribution is 5.98. The minimum Gasteiger partial charge on any atom is -0.0683 e. The van der Waals surface area contributed by atoms with Crippen molar-refractivity contribution in [1.29, 1.82) is 0 Å². The van der Waals surface area contributed by atoms with Crippen LogP contribution in [-0.4, -0.2) is 0 Å². The SMILES string of the molecule is CC.CC.CC.CC.c1ccc2cc3ccccc3cc2c1. The molecule has 0 saturated carbocycles. The van der Waals surface area contributed by atoms with Crippen LogP contribution in [0.3, 0.4) is 0 Å². The molecule has 0 spiro atoms. The first-order valence-electron chi connectivity index (χ1n) is 8.81. The predicted octanol–water partition coefficient (Wildman–Crippen LogP) is 8.10. The van der Waals surface area contributed by atoms with Gasteiger partial charge in [0.25, 0.3) is 0 Å². The van der Waals surface area contributed by atoms with Crippen molar-refractivity contribution in [3.63, 3.8) is 0 Å². The summed E-state index contributed by atoms with van der Waals surface area (Å²) in [6.45, 7) is 16.0. The van der Waals surface area contributed by atoms with E-state index < -0.39 is 0 Å². The fourth-order valence-corrected chi connectivity index (χ4v) is 1.88. The smallest absolute Gasteiger partial charge is 0.0178 e. The van der Waals surface area contributed by atoms with E-state index in [1.807, 2.05) is 55.4 Å². The molecular weight excluding hydrogens is 264 g/mol. The van der Waals surface area contributed by atoms with Gasteiger partial charge in [0.15, 0.2) is 0 Å². The van der Waals surface area contributed by atoms with E-state index >= 15 is 0 Å². The molecule has 0 aliphatic heterocycles. The van der Waals surface area contributed by atoms with E-state index in [-0.39, 0.29) is 0 Å². The van der Waals surface area contributed by atoms with Gasteiger partial charge in [-0.15, -0.1) is 0 Å². The lowest BCUT2D eigenvalue weighted by atomic mass is 10.0. The fraction of sp³-hybridized carbons (Fsp3) is 0.364. The summed E-state index contributed by atoms with van der Waals surface area (Å²) in [6, 6.07) is 21.4. The topological polar surface area (TPSA) is 0 Å². The molecule has 0 aliphatic rings. The van der Waals surface area contributed by atoms with Crippen molar-refractivity contribution in [2.75, 3.05) is 0 Å². The van der Waals surface area contributed by atoms with Crippen molar-refractivity contribution < 1.29 is 0 Å². The lowest BCUT2D eigenvalue weighted by molar-refractivity contribution is 1.50. The van der Waals surface area contributed by atoms with Crippen molar-refractivity contribution in [3.05, 3.63) is 60.7 Å². The monoisotopic (exact) mass is 298 g/mol. The molecule has 0 saturated heterocycles. The van der Waals surface area contributed by atoms with Crippen LogP contribution in [0, 0.1) is 0 Å². The average molecular weight is 299 g/mol. The van der Waals surface area contributed by atoms with Crippen molar-refractivity contribution in [3.8, 4) is 0 Å². The van der Waals surface area contributed by atoms with Crippen LogP contribution in [0.15, 0.2) is 60.7 Å². The Morgan fingerprint density at radius 2 is 0.545 bits per heavy atom. The van der Waals surface area contributed by atoms with Crippen LogP contribution < -0.4 is 0 Å². The van der Waals surface area contributed by atoms with E-state index in [0.717, 1.165) is 0 Å². The second-order valence-corrected chi connectivity index (χ2v) is 3.55. The van der Waals surface area contributed by atoms with Gasteiger partial charge in [0.05, 0.1) is 0 Å². The molecule has 0 radical (unpaired) electrons. The summed E-state index contributed by atoms with van der Waals surface area (Å²) in [5, 5.41) is 5.25. The molecule has 0 nitrogen and oxygen atoms in total. The Hall–Kier alpha value is -1.82. The van der Waals surface area contributed by atoms with Crippen LogP contribution in [-0.2, 0) is 0 Å². The molecule has 0 heteroatoms. The van der Waals surface area contributed by atoms with E-state index in [2.05, 4.69) is 60.7 Å². The Labute approximate surface area is 138 Å². The molecule has 0 unspecified atom stereocenters. The van der Waals surface area contributed by atoms with Crippen molar-refractivity contribution >= 4 is 21.5 Å². The lowest BCUT2D eigenvalue weighted by Crippen LogP contribution is -1.74. The maximum Gasteiger partial charge on any atom is -0.0178 e. The van der Waals surface area contributed by atoms with Gasteiger partial charge in [-0.3, -0.25) is 0 Å². The second-order valence-electron chi connectivity index (χ2n) is 3.55. The number of benzene rings is 3. The Kier molecular flexibility index (Phi) is 15.9. The lowest BCUT2D eigenvalue weighted by Gasteiger charge is -2.00. The molecule has 3 rings (SSSR count). The maximum absolute atomic E-state index is 2.24. The van der Waals surface area contributed by atoms with Gasteiger partial charge < -0.3 is 0 Å². The van der Waals surface area contributed by atoms with Crippen LogP contribution in [0.2, 0.25) is 0 Å². The molecule has 0 heterocycles. The van der Waals surface area contributed by atoms with E-state index in [4.69, 9.17) is 0 Å². The summed E-state index contributed by atoms with van der Waals surface area (Å²) < 4.78 is 0. The Bertz CT molecular complexity index is 489. The van der Waals surface area contributed by atoms with Crippen molar-refractivity contribution in [1.82, 2.24) is 0 Å². The maximum atomic E-state index is 2.24. The third-order valence-electron chi connectivity index (χ3n) is 2.61. The molecule has 0 aliphatic carbocycles. The molecule has 0 atom stereocenters.